The summed E-state index contributed by atoms with van der Waals surface area (Å²) in [5.74, 6) is 0.0323. The van der Waals surface area contributed by atoms with Crippen molar-refractivity contribution in [2.24, 2.45) is 0 Å². The number of ether oxygens (including phenoxy) is 2. The summed E-state index contributed by atoms with van der Waals surface area (Å²) >= 11 is 0. The van der Waals surface area contributed by atoms with Crippen molar-refractivity contribution in [3.8, 4) is 11.5 Å². The molecule has 1 aliphatic rings. The maximum absolute atomic E-state index is 12.5. The minimum absolute atomic E-state index is 0.0830. The number of piperidine rings is 1. The second-order valence-corrected chi connectivity index (χ2v) is 5.31. The number of likely N-dealkylation sites (tertiary alicyclic amines) is 1. The molecule has 1 N–H and O–H groups in total. The van der Waals surface area contributed by atoms with Crippen LogP contribution in [0.15, 0.2) is 18.2 Å². The van der Waals surface area contributed by atoms with Gasteiger partial charge in [0.25, 0.3) is 0 Å². The van der Waals surface area contributed by atoms with E-state index >= 15 is 0 Å². The Bertz CT molecular complexity index is 557. The zero-order chi connectivity index (χ0) is 16.1. The van der Waals surface area contributed by atoms with Crippen molar-refractivity contribution in [3.63, 3.8) is 0 Å². The van der Waals surface area contributed by atoms with Gasteiger partial charge in [0, 0.05) is 6.07 Å². The van der Waals surface area contributed by atoms with Gasteiger partial charge in [-0.15, -0.1) is 0 Å². The molecule has 22 heavy (non-hydrogen) atoms. The standard InChI is InChI=1S/C16H21NO5/c1-21-11-6-7-12(15(9-11)22-2)14(18)10-17-8-4-3-5-13(17)16(19)20/h6-7,9,13H,3-5,8,10H2,1-2H3,(H,19,20). The second kappa shape index (κ2) is 7.26. The lowest BCUT2D eigenvalue weighted by atomic mass is 10.0. The van der Waals surface area contributed by atoms with Crippen LogP contribution in [0.1, 0.15) is 29.6 Å². The Labute approximate surface area is 129 Å². The Kier molecular flexibility index (Phi) is 5.38. The van der Waals surface area contributed by atoms with Crippen LogP contribution in [0.2, 0.25) is 0 Å². The van der Waals surface area contributed by atoms with E-state index in [1.165, 1.54) is 7.11 Å². The molecule has 120 valence electrons. The summed E-state index contributed by atoms with van der Waals surface area (Å²) in [4.78, 5) is 25.5. The van der Waals surface area contributed by atoms with Crippen molar-refractivity contribution in [1.82, 2.24) is 4.90 Å². The lowest BCUT2D eigenvalue weighted by Gasteiger charge is -2.32. The van der Waals surface area contributed by atoms with Crippen LogP contribution in [0.3, 0.4) is 0 Å². The fraction of sp³-hybridized carbons (Fsp3) is 0.500. The molecule has 1 aromatic carbocycles. The van der Waals surface area contributed by atoms with E-state index in [1.807, 2.05) is 0 Å². The highest BCUT2D eigenvalue weighted by atomic mass is 16.5. The number of Topliss-reactive ketones (excluding diaryl/α,β-unsaturated/α-hetero) is 1. The third-order valence-corrected chi connectivity index (χ3v) is 3.95. The van der Waals surface area contributed by atoms with Crippen molar-refractivity contribution < 1.29 is 24.2 Å². The first-order valence-corrected chi connectivity index (χ1v) is 7.29. The molecule has 0 bridgehead atoms. The smallest absolute Gasteiger partial charge is 0.320 e. The molecular formula is C16H21NO5. The number of nitrogens with zero attached hydrogens (tertiary/aromatic N) is 1. The van der Waals surface area contributed by atoms with E-state index in [2.05, 4.69) is 0 Å². The molecule has 1 saturated heterocycles. The van der Waals surface area contributed by atoms with E-state index in [9.17, 15) is 14.7 Å². The zero-order valence-corrected chi connectivity index (χ0v) is 12.9. The molecule has 1 unspecified atom stereocenters. The van der Waals surface area contributed by atoms with Gasteiger partial charge >= 0.3 is 5.97 Å². The van der Waals surface area contributed by atoms with Crippen LogP contribution in [0.25, 0.3) is 0 Å². The largest absolute Gasteiger partial charge is 0.497 e. The lowest BCUT2D eigenvalue weighted by molar-refractivity contribution is -0.144. The van der Waals surface area contributed by atoms with E-state index in [4.69, 9.17) is 9.47 Å². The summed E-state index contributed by atoms with van der Waals surface area (Å²) in [5, 5.41) is 9.27. The van der Waals surface area contributed by atoms with Crippen molar-refractivity contribution in [2.45, 2.75) is 25.3 Å². The summed E-state index contributed by atoms with van der Waals surface area (Å²) in [6.07, 6.45) is 2.38. The average Bonchev–Trinajstić information content (AvgIpc) is 2.54. The van der Waals surface area contributed by atoms with Gasteiger partial charge in [0.2, 0.25) is 0 Å². The first-order chi connectivity index (χ1) is 10.6. The average molecular weight is 307 g/mol. The predicted molar refractivity (Wildman–Crippen MR) is 80.7 cm³/mol. The summed E-state index contributed by atoms with van der Waals surface area (Å²) < 4.78 is 10.3. The van der Waals surface area contributed by atoms with Crippen molar-refractivity contribution >= 4 is 11.8 Å². The van der Waals surface area contributed by atoms with Gasteiger partial charge in [-0.25, -0.2) is 0 Å². The quantitative estimate of drug-likeness (QED) is 0.808. The molecule has 1 fully saturated rings. The maximum atomic E-state index is 12.5. The Hall–Kier alpha value is -2.08. The van der Waals surface area contributed by atoms with Crippen molar-refractivity contribution in [1.29, 1.82) is 0 Å². The number of hydrogen-bond acceptors (Lipinski definition) is 5. The van der Waals surface area contributed by atoms with Crippen molar-refractivity contribution in [2.75, 3.05) is 27.3 Å². The van der Waals surface area contributed by atoms with Gasteiger partial charge in [-0.05, 0) is 31.5 Å². The van der Waals surface area contributed by atoms with Crippen LogP contribution >= 0.6 is 0 Å². The van der Waals surface area contributed by atoms with Gasteiger partial charge in [0.05, 0.1) is 26.3 Å². The number of carbonyl (C=O) groups is 2. The molecule has 0 saturated carbocycles. The van der Waals surface area contributed by atoms with Crippen LogP contribution in [0.4, 0.5) is 0 Å². The number of carbonyl (C=O) groups excluding carboxylic acids is 1. The van der Waals surface area contributed by atoms with Crippen LogP contribution < -0.4 is 9.47 Å². The highest BCUT2D eigenvalue weighted by molar-refractivity contribution is 6.00. The van der Waals surface area contributed by atoms with E-state index in [0.717, 1.165) is 12.8 Å². The van der Waals surface area contributed by atoms with Gasteiger partial charge in [0.15, 0.2) is 5.78 Å². The molecule has 2 rings (SSSR count). The van der Waals surface area contributed by atoms with Gasteiger partial charge in [-0.3, -0.25) is 14.5 Å². The van der Waals surface area contributed by atoms with E-state index in [-0.39, 0.29) is 12.3 Å². The minimum Gasteiger partial charge on any atom is -0.497 e. The number of carboxylic acids is 1. The van der Waals surface area contributed by atoms with Gasteiger partial charge < -0.3 is 14.6 Å². The molecule has 6 nitrogen and oxygen atoms in total. The monoisotopic (exact) mass is 307 g/mol. The molecule has 0 amide bonds. The molecule has 0 aliphatic carbocycles. The Balaban J connectivity index is 2.16. The van der Waals surface area contributed by atoms with E-state index in [1.54, 1.807) is 30.2 Å². The topological polar surface area (TPSA) is 76.1 Å². The highest BCUT2D eigenvalue weighted by Crippen LogP contribution is 2.26. The number of rotatable bonds is 6. The molecule has 1 atom stereocenters. The van der Waals surface area contributed by atoms with Crippen LogP contribution in [-0.4, -0.2) is 55.1 Å². The second-order valence-electron chi connectivity index (χ2n) is 5.31. The first kappa shape index (κ1) is 16.3. The van der Waals surface area contributed by atoms with Gasteiger partial charge in [-0.1, -0.05) is 6.42 Å². The van der Waals surface area contributed by atoms with Gasteiger partial charge in [0.1, 0.15) is 17.5 Å². The number of aliphatic carboxylic acids is 1. The Morgan fingerprint density at radius 1 is 1.27 bits per heavy atom. The summed E-state index contributed by atoms with van der Waals surface area (Å²) in [5.41, 5.74) is 0.443. The van der Waals surface area contributed by atoms with E-state index in [0.29, 0.717) is 30.0 Å². The zero-order valence-electron chi connectivity index (χ0n) is 12.9. The van der Waals surface area contributed by atoms with Crippen LogP contribution in [-0.2, 0) is 4.79 Å². The third kappa shape index (κ3) is 3.57. The highest BCUT2D eigenvalue weighted by Gasteiger charge is 2.30. The summed E-state index contributed by atoms with van der Waals surface area (Å²) in [7, 11) is 3.04. The van der Waals surface area contributed by atoms with Crippen molar-refractivity contribution in [3.05, 3.63) is 23.8 Å². The number of hydrogen-bond donors (Lipinski definition) is 1. The molecular weight excluding hydrogens is 286 g/mol. The lowest BCUT2D eigenvalue weighted by Crippen LogP contribution is -2.46. The molecule has 0 radical (unpaired) electrons. The Morgan fingerprint density at radius 3 is 2.68 bits per heavy atom. The summed E-state index contributed by atoms with van der Waals surface area (Å²) in [6.45, 7) is 0.709. The third-order valence-electron chi connectivity index (χ3n) is 3.95. The molecule has 6 heteroatoms. The molecule has 1 aliphatic heterocycles. The summed E-state index contributed by atoms with van der Waals surface area (Å²) in [6, 6.07) is 4.42. The Morgan fingerprint density at radius 2 is 2.05 bits per heavy atom. The number of ketones is 1. The number of benzene rings is 1. The molecule has 1 heterocycles. The SMILES string of the molecule is COc1ccc(C(=O)CN2CCCCC2C(=O)O)c(OC)c1. The normalized spacial score (nSPS) is 18.7. The molecule has 1 aromatic rings. The predicted octanol–water partition coefficient (Wildman–Crippen LogP) is 1.83. The van der Waals surface area contributed by atoms with E-state index < -0.39 is 12.0 Å². The van der Waals surface area contributed by atoms with Crippen LogP contribution in [0, 0.1) is 0 Å². The minimum atomic E-state index is -0.866. The number of carboxylic acid groups (broad SMARTS) is 1. The molecule has 0 spiro atoms. The van der Waals surface area contributed by atoms with Gasteiger partial charge in [-0.2, -0.15) is 0 Å². The molecule has 0 aromatic heterocycles. The fourth-order valence-electron chi connectivity index (χ4n) is 2.76. The van der Waals surface area contributed by atoms with Crippen LogP contribution in [0.5, 0.6) is 11.5 Å². The first-order valence-electron chi connectivity index (χ1n) is 7.29. The fourth-order valence-corrected chi connectivity index (χ4v) is 2.76. The number of methoxy groups -OCH3 is 2. The maximum Gasteiger partial charge on any atom is 0.320 e.